The van der Waals surface area contributed by atoms with Gasteiger partial charge in [0.15, 0.2) is 0 Å². The topological polar surface area (TPSA) is 29.9 Å². The zero-order valence-corrected chi connectivity index (χ0v) is 8.02. The largest absolute Gasteiger partial charge is 0.333 e. The van der Waals surface area contributed by atoms with Gasteiger partial charge in [-0.05, 0) is 12.6 Å². The molecular weight excluding hydrogens is 200 g/mol. The van der Waals surface area contributed by atoms with E-state index in [0.29, 0.717) is 16.9 Å². The normalized spacial score (nSPS) is 10.2. The Morgan fingerprint density at radius 2 is 2.31 bits per heavy atom. The highest BCUT2D eigenvalue weighted by Crippen LogP contribution is 2.11. The summed E-state index contributed by atoms with van der Waals surface area (Å²) in [5.41, 5.74) is 0.506. The van der Waals surface area contributed by atoms with Gasteiger partial charge >= 0.3 is 6.55 Å². The summed E-state index contributed by atoms with van der Waals surface area (Å²) in [7, 11) is 0. The molecule has 0 amide bonds. The van der Waals surface area contributed by atoms with Gasteiger partial charge < -0.3 is 5.32 Å². The van der Waals surface area contributed by atoms with Gasteiger partial charge in [-0.1, -0.05) is 6.92 Å². The van der Waals surface area contributed by atoms with Gasteiger partial charge in [-0.3, -0.25) is 0 Å². The van der Waals surface area contributed by atoms with Gasteiger partial charge in [-0.2, -0.15) is 13.9 Å². The van der Waals surface area contributed by atoms with Crippen molar-refractivity contribution in [1.29, 1.82) is 0 Å². The lowest BCUT2D eigenvalue weighted by molar-refractivity contribution is 0.0531. The van der Waals surface area contributed by atoms with Gasteiger partial charge in [0.1, 0.15) is 0 Å². The van der Waals surface area contributed by atoms with Crippen molar-refractivity contribution in [1.82, 2.24) is 15.1 Å². The Morgan fingerprint density at radius 1 is 1.62 bits per heavy atom. The van der Waals surface area contributed by atoms with Crippen LogP contribution >= 0.6 is 12.4 Å². The van der Waals surface area contributed by atoms with Crippen LogP contribution in [0.5, 0.6) is 0 Å². The van der Waals surface area contributed by atoms with E-state index in [1.807, 2.05) is 6.92 Å². The Morgan fingerprint density at radius 3 is 2.85 bits per heavy atom. The molecule has 0 aliphatic carbocycles. The minimum Gasteiger partial charge on any atom is -0.311 e. The van der Waals surface area contributed by atoms with Crippen LogP contribution in [0.1, 0.15) is 19.2 Å². The Hall–Kier alpha value is -0.680. The van der Waals surface area contributed by atoms with Crippen LogP contribution in [-0.2, 0) is 6.54 Å². The Labute approximate surface area is 81.5 Å². The monoisotopic (exact) mass is 211 g/mol. The standard InChI is InChI=1S/C7H11F2N3.ClH/c1-2-10-5-6-3-4-11-12(6)7(8)9;/h3-4,7,10H,2,5H2,1H3;1H. The van der Waals surface area contributed by atoms with Crippen molar-refractivity contribution in [3.63, 3.8) is 0 Å². The number of nitrogens with zero attached hydrogens (tertiary/aromatic N) is 2. The fraction of sp³-hybridized carbons (Fsp3) is 0.571. The van der Waals surface area contributed by atoms with Crippen LogP contribution in [0.25, 0.3) is 0 Å². The summed E-state index contributed by atoms with van der Waals surface area (Å²) < 4.78 is 25.0. The first-order chi connectivity index (χ1) is 5.75. The van der Waals surface area contributed by atoms with Crippen molar-refractivity contribution in [2.75, 3.05) is 6.54 Å². The zero-order chi connectivity index (χ0) is 8.97. The summed E-state index contributed by atoms with van der Waals surface area (Å²) in [4.78, 5) is 0. The lowest BCUT2D eigenvalue weighted by atomic mass is 10.4. The van der Waals surface area contributed by atoms with Gasteiger partial charge in [0, 0.05) is 12.7 Å². The van der Waals surface area contributed by atoms with Gasteiger partial charge in [-0.15, -0.1) is 12.4 Å². The molecular formula is C7H12ClF2N3. The first-order valence-corrected chi connectivity index (χ1v) is 3.77. The number of rotatable bonds is 4. The molecule has 0 radical (unpaired) electrons. The highest BCUT2D eigenvalue weighted by molar-refractivity contribution is 5.85. The Bertz CT molecular complexity index is 239. The summed E-state index contributed by atoms with van der Waals surface area (Å²) in [5, 5.41) is 6.45. The van der Waals surface area contributed by atoms with Gasteiger partial charge in [-0.25, -0.2) is 4.68 Å². The molecule has 0 aliphatic rings. The second-order valence-electron chi connectivity index (χ2n) is 2.33. The summed E-state index contributed by atoms with van der Waals surface area (Å²) in [6.45, 7) is 0.562. The van der Waals surface area contributed by atoms with Crippen molar-refractivity contribution < 1.29 is 8.78 Å². The molecule has 0 fully saturated rings. The summed E-state index contributed by atoms with van der Waals surface area (Å²) in [5.74, 6) is 0. The van der Waals surface area contributed by atoms with Crippen molar-refractivity contribution >= 4 is 12.4 Å². The molecule has 0 spiro atoms. The van der Waals surface area contributed by atoms with Gasteiger partial charge in [0.25, 0.3) is 0 Å². The molecule has 0 bridgehead atoms. The number of aromatic nitrogens is 2. The smallest absolute Gasteiger partial charge is 0.311 e. The van der Waals surface area contributed by atoms with Crippen molar-refractivity contribution in [2.45, 2.75) is 20.0 Å². The highest BCUT2D eigenvalue weighted by atomic mass is 35.5. The van der Waals surface area contributed by atoms with Crippen LogP contribution in [-0.4, -0.2) is 16.3 Å². The zero-order valence-electron chi connectivity index (χ0n) is 7.20. The van der Waals surface area contributed by atoms with E-state index in [1.165, 1.54) is 6.20 Å². The second-order valence-corrected chi connectivity index (χ2v) is 2.33. The number of hydrogen-bond donors (Lipinski definition) is 1. The highest BCUT2D eigenvalue weighted by Gasteiger charge is 2.09. The predicted octanol–water partition coefficient (Wildman–Crippen LogP) is 1.81. The van der Waals surface area contributed by atoms with Crippen molar-refractivity contribution in [3.8, 4) is 0 Å². The van der Waals surface area contributed by atoms with E-state index in [9.17, 15) is 8.78 Å². The first-order valence-electron chi connectivity index (χ1n) is 3.77. The van der Waals surface area contributed by atoms with E-state index in [2.05, 4.69) is 10.4 Å². The lowest BCUT2D eigenvalue weighted by Crippen LogP contribution is -2.16. The average Bonchev–Trinajstić information content (AvgIpc) is 2.48. The second kappa shape index (κ2) is 5.88. The third-order valence-corrected chi connectivity index (χ3v) is 1.49. The molecule has 6 heteroatoms. The van der Waals surface area contributed by atoms with Crippen LogP contribution in [0.2, 0.25) is 0 Å². The SMILES string of the molecule is CCNCc1ccnn1C(F)F.Cl. The van der Waals surface area contributed by atoms with Crippen LogP contribution in [0.4, 0.5) is 8.78 Å². The Balaban J connectivity index is 0.00000144. The molecule has 0 saturated carbocycles. The third kappa shape index (κ3) is 3.28. The summed E-state index contributed by atoms with van der Waals surface area (Å²) in [6, 6.07) is 1.58. The molecule has 1 rings (SSSR count). The fourth-order valence-corrected chi connectivity index (χ4v) is 0.910. The van der Waals surface area contributed by atoms with Crippen LogP contribution in [0.3, 0.4) is 0 Å². The van der Waals surface area contributed by atoms with Crippen LogP contribution in [0.15, 0.2) is 12.3 Å². The van der Waals surface area contributed by atoms with E-state index in [1.54, 1.807) is 6.07 Å². The van der Waals surface area contributed by atoms with E-state index in [-0.39, 0.29) is 12.4 Å². The van der Waals surface area contributed by atoms with E-state index in [0.717, 1.165) is 6.54 Å². The van der Waals surface area contributed by atoms with Gasteiger partial charge in [0.05, 0.1) is 5.69 Å². The molecule has 0 saturated heterocycles. The van der Waals surface area contributed by atoms with Crippen LogP contribution < -0.4 is 5.32 Å². The molecule has 1 N–H and O–H groups in total. The quantitative estimate of drug-likeness (QED) is 0.823. The maximum Gasteiger partial charge on any atom is 0.333 e. The molecule has 0 aliphatic heterocycles. The van der Waals surface area contributed by atoms with E-state index < -0.39 is 6.55 Å². The Kier molecular flexibility index (Phi) is 5.57. The predicted molar refractivity (Wildman–Crippen MR) is 48.1 cm³/mol. The van der Waals surface area contributed by atoms with Gasteiger partial charge in [0.2, 0.25) is 0 Å². The molecule has 3 nitrogen and oxygen atoms in total. The lowest BCUT2D eigenvalue weighted by Gasteiger charge is -2.05. The van der Waals surface area contributed by atoms with Crippen molar-refractivity contribution in [3.05, 3.63) is 18.0 Å². The fourth-order valence-electron chi connectivity index (χ4n) is 0.910. The van der Waals surface area contributed by atoms with Crippen LogP contribution in [0, 0.1) is 0 Å². The number of nitrogens with one attached hydrogen (secondary N) is 1. The third-order valence-electron chi connectivity index (χ3n) is 1.49. The minimum atomic E-state index is -2.55. The molecule has 76 valence electrons. The number of halogens is 3. The number of hydrogen-bond acceptors (Lipinski definition) is 2. The average molecular weight is 212 g/mol. The maximum atomic E-state index is 12.2. The van der Waals surface area contributed by atoms with E-state index in [4.69, 9.17) is 0 Å². The molecule has 0 atom stereocenters. The van der Waals surface area contributed by atoms with E-state index >= 15 is 0 Å². The maximum absolute atomic E-state index is 12.2. The minimum absolute atomic E-state index is 0. The number of alkyl halides is 2. The first kappa shape index (κ1) is 12.3. The molecule has 1 aromatic rings. The summed E-state index contributed by atoms with van der Waals surface area (Å²) >= 11 is 0. The van der Waals surface area contributed by atoms with Crippen molar-refractivity contribution in [2.24, 2.45) is 0 Å². The molecule has 1 heterocycles. The molecule has 0 unspecified atom stereocenters. The molecule has 0 aromatic carbocycles. The summed E-state index contributed by atoms with van der Waals surface area (Å²) in [6.07, 6.45) is 1.37. The molecule has 1 aromatic heterocycles. The molecule has 13 heavy (non-hydrogen) atoms.